The van der Waals surface area contributed by atoms with Crippen molar-refractivity contribution < 1.29 is 0 Å². The molecule has 0 aliphatic carbocycles. The highest BCUT2D eigenvalue weighted by atomic mass is 127. The van der Waals surface area contributed by atoms with Gasteiger partial charge in [-0.15, -0.1) is 35.7 Å². The van der Waals surface area contributed by atoms with Gasteiger partial charge < -0.3 is 10.2 Å². The van der Waals surface area contributed by atoms with E-state index in [1.807, 2.05) is 11.8 Å². The number of rotatable bonds is 4. The van der Waals surface area contributed by atoms with Gasteiger partial charge in [-0.2, -0.15) is 0 Å². The minimum atomic E-state index is 0. The van der Waals surface area contributed by atoms with Gasteiger partial charge in [0.05, 0.1) is 12.6 Å². The maximum absolute atomic E-state index is 4.77. The van der Waals surface area contributed by atoms with E-state index >= 15 is 0 Å². The Balaban J connectivity index is 0.00000192. The minimum absolute atomic E-state index is 0. The number of nitrogens with zero attached hydrogens (tertiary/aromatic N) is 2. The summed E-state index contributed by atoms with van der Waals surface area (Å²) in [5.41, 5.74) is 1.43. The van der Waals surface area contributed by atoms with E-state index in [-0.39, 0.29) is 24.0 Å². The summed E-state index contributed by atoms with van der Waals surface area (Å²) < 4.78 is 0. The smallest absolute Gasteiger partial charge is 0.194 e. The summed E-state index contributed by atoms with van der Waals surface area (Å²) >= 11 is 1.83. The summed E-state index contributed by atoms with van der Waals surface area (Å²) in [5.74, 6) is 1.92. The van der Waals surface area contributed by atoms with Crippen LogP contribution in [0.25, 0.3) is 0 Å². The van der Waals surface area contributed by atoms with Crippen molar-refractivity contribution in [3.05, 3.63) is 29.8 Å². The van der Waals surface area contributed by atoms with Crippen molar-refractivity contribution in [1.82, 2.24) is 10.2 Å². The molecule has 2 aliphatic heterocycles. The van der Waals surface area contributed by atoms with Gasteiger partial charge in [-0.05, 0) is 50.0 Å². The molecule has 2 aliphatic rings. The number of aliphatic imine (C=N–C) groups is 1. The normalized spacial score (nSPS) is 24.5. The molecule has 3 nitrogen and oxygen atoms in total. The topological polar surface area (TPSA) is 27.6 Å². The zero-order chi connectivity index (χ0) is 15.5. The molecule has 3 rings (SSSR count). The van der Waals surface area contributed by atoms with E-state index in [0.717, 1.165) is 31.4 Å². The van der Waals surface area contributed by atoms with Crippen LogP contribution in [0.4, 0.5) is 0 Å². The fraction of sp³-hybridized carbons (Fsp3) is 0.611. The number of hydrogen-bond donors (Lipinski definition) is 1. The number of piperidine rings is 1. The summed E-state index contributed by atoms with van der Waals surface area (Å²) in [4.78, 5) is 8.65. The number of guanidine groups is 1. The van der Waals surface area contributed by atoms with Crippen molar-refractivity contribution in [3.63, 3.8) is 0 Å². The van der Waals surface area contributed by atoms with E-state index in [4.69, 9.17) is 4.99 Å². The van der Waals surface area contributed by atoms with Gasteiger partial charge in [-0.25, -0.2) is 0 Å². The maximum atomic E-state index is 4.77. The standard InChI is InChI=1S/C18H27N3S.HI/c1-13-8-9-16-11-19-18(21(16)12-13)20-14(2)10-15-6-4-5-7-17(15)22-3;/h4-7,13-14,16H,8-12H2,1-3H3,(H,19,20);1H. The largest absolute Gasteiger partial charge is 0.353 e. The van der Waals surface area contributed by atoms with Gasteiger partial charge in [0, 0.05) is 17.5 Å². The molecule has 0 amide bonds. The number of benzene rings is 1. The first-order chi connectivity index (χ1) is 10.7. The first kappa shape index (κ1) is 18.9. The second-order valence-electron chi connectivity index (χ2n) is 6.71. The van der Waals surface area contributed by atoms with Crippen molar-refractivity contribution in [2.75, 3.05) is 19.3 Å². The molecular weight excluding hydrogens is 417 g/mol. The Kier molecular flexibility index (Phi) is 7.07. The Morgan fingerprint density at radius 2 is 2.13 bits per heavy atom. The minimum Gasteiger partial charge on any atom is -0.353 e. The van der Waals surface area contributed by atoms with E-state index in [9.17, 15) is 0 Å². The predicted octanol–water partition coefficient (Wildman–Crippen LogP) is 4.02. The highest BCUT2D eigenvalue weighted by Gasteiger charge is 2.32. The lowest BCUT2D eigenvalue weighted by molar-refractivity contribution is 0.210. The first-order valence-electron chi connectivity index (χ1n) is 8.37. The van der Waals surface area contributed by atoms with E-state index in [1.54, 1.807) is 0 Å². The molecule has 1 aromatic rings. The van der Waals surface area contributed by atoms with E-state index in [1.165, 1.54) is 23.3 Å². The van der Waals surface area contributed by atoms with Crippen LogP contribution >= 0.6 is 35.7 Å². The average Bonchev–Trinajstić information content (AvgIpc) is 2.90. The molecule has 1 N–H and O–H groups in total. The maximum Gasteiger partial charge on any atom is 0.194 e. The molecule has 1 saturated heterocycles. The van der Waals surface area contributed by atoms with Crippen molar-refractivity contribution in [3.8, 4) is 0 Å². The highest BCUT2D eigenvalue weighted by Crippen LogP contribution is 2.26. The van der Waals surface area contributed by atoms with E-state index in [2.05, 4.69) is 54.6 Å². The molecule has 128 valence electrons. The van der Waals surface area contributed by atoms with Gasteiger partial charge in [0.25, 0.3) is 0 Å². The SMILES string of the molecule is CSc1ccccc1CC(C)NC1=NCC2CCC(C)CN12.I. The molecule has 0 bridgehead atoms. The molecule has 1 aromatic carbocycles. The molecule has 1 fully saturated rings. The Morgan fingerprint density at radius 1 is 1.35 bits per heavy atom. The van der Waals surface area contributed by atoms with Crippen LogP contribution < -0.4 is 5.32 Å². The van der Waals surface area contributed by atoms with Crippen LogP contribution in [-0.4, -0.2) is 42.3 Å². The molecule has 23 heavy (non-hydrogen) atoms. The Bertz CT molecular complexity index is 549. The molecule has 0 spiro atoms. The number of halogens is 1. The third-order valence-electron chi connectivity index (χ3n) is 4.76. The molecule has 0 aromatic heterocycles. The lowest BCUT2D eigenvalue weighted by Gasteiger charge is -2.36. The second-order valence-corrected chi connectivity index (χ2v) is 7.56. The summed E-state index contributed by atoms with van der Waals surface area (Å²) in [6.45, 7) is 6.75. The van der Waals surface area contributed by atoms with Crippen molar-refractivity contribution in [2.24, 2.45) is 10.9 Å². The summed E-state index contributed by atoms with van der Waals surface area (Å²) in [7, 11) is 0. The summed E-state index contributed by atoms with van der Waals surface area (Å²) in [6.07, 6.45) is 5.84. The highest BCUT2D eigenvalue weighted by molar-refractivity contribution is 14.0. The second kappa shape index (κ2) is 8.60. The third kappa shape index (κ3) is 4.56. The fourth-order valence-corrected chi connectivity index (χ4v) is 4.17. The molecule has 3 unspecified atom stereocenters. The monoisotopic (exact) mass is 445 g/mol. The summed E-state index contributed by atoms with van der Waals surface area (Å²) in [5, 5.41) is 3.67. The van der Waals surface area contributed by atoms with Crippen LogP contribution in [-0.2, 0) is 6.42 Å². The van der Waals surface area contributed by atoms with Crippen molar-refractivity contribution in [1.29, 1.82) is 0 Å². The molecule has 2 heterocycles. The number of nitrogens with one attached hydrogen (secondary N) is 1. The van der Waals surface area contributed by atoms with Gasteiger partial charge in [0.2, 0.25) is 0 Å². The van der Waals surface area contributed by atoms with Gasteiger partial charge in [0.15, 0.2) is 5.96 Å². The van der Waals surface area contributed by atoms with Gasteiger partial charge in [0.1, 0.15) is 0 Å². The van der Waals surface area contributed by atoms with Gasteiger partial charge in [-0.3, -0.25) is 4.99 Å². The van der Waals surface area contributed by atoms with Crippen molar-refractivity contribution >= 4 is 41.7 Å². The third-order valence-corrected chi connectivity index (χ3v) is 5.60. The fourth-order valence-electron chi connectivity index (χ4n) is 3.54. The van der Waals surface area contributed by atoms with Crippen LogP contribution in [0, 0.1) is 5.92 Å². The molecule has 0 radical (unpaired) electrons. The Hall–Kier alpha value is -0.430. The average molecular weight is 445 g/mol. The van der Waals surface area contributed by atoms with E-state index in [0.29, 0.717) is 12.1 Å². The number of hydrogen-bond acceptors (Lipinski definition) is 4. The van der Waals surface area contributed by atoms with E-state index < -0.39 is 0 Å². The number of thioether (sulfide) groups is 1. The van der Waals surface area contributed by atoms with Crippen LogP contribution in [0.2, 0.25) is 0 Å². The molecular formula is C18H28IN3S. The molecule has 5 heteroatoms. The quantitative estimate of drug-likeness (QED) is 0.561. The summed E-state index contributed by atoms with van der Waals surface area (Å²) in [6, 6.07) is 9.76. The lowest BCUT2D eigenvalue weighted by Crippen LogP contribution is -2.50. The molecule has 3 atom stereocenters. The van der Waals surface area contributed by atoms with Crippen LogP contribution in [0.5, 0.6) is 0 Å². The van der Waals surface area contributed by atoms with Crippen LogP contribution in [0.1, 0.15) is 32.3 Å². The first-order valence-corrected chi connectivity index (χ1v) is 9.59. The zero-order valence-electron chi connectivity index (χ0n) is 14.3. The Labute approximate surface area is 161 Å². The lowest BCUT2D eigenvalue weighted by atomic mass is 9.95. The predicted molar refractivity (Wildman–Crippen MR) is 111 cm³/mol. The van der Waals surface area contributed by atoms with Crippen LogP contribution in [0.15, 0.2) is 34.2 Å². The zero-order valence-corrected chi connectivity index (χ0v) is 17.4. The van der Waals surface area contributed by atoms with Gasteiger partial charge >= 0.3 is 0 Å². The van der Waals surface area contributed by atoms with Crippen LogP contribution in [0.3, 0.4) is 0 Å². The Morgan fingerprint density at radius 3 is 2.91 bits per heavy atom. The van der Waals surface area contributed by atoms with Crippen molar-refractivity contribution in [2.45, 2.75) is 50.1 Å². The van der Waals surface area contributed by atoms with Gasteiger partial charge in [-0.1, -0.05) is 25.1 Å². The number of fused-ring (bicyclic) bond motifs is 1. The molecule has 0 saturated carbocycles.